The van der Waals surface area contributed by atoms with Gasteiger partial charge in [0.2, 0.25) is 0 Å². The summed E-state index contributed by atoms with van der Waals surface area (Å²) in [4.78, 5) is 14.0. The van der Waals surface area contributed by atoms with E-state index in [0.717, 1.165) is 0 Å². The fourth-order valence-corrected chi connectivity index (χ4v) is 1.47. The molecule has 0 amide bonds. The van der Waals surface area contributed by atoms with E-state index < -0.39 is 4.92 Å². The molecule has 0 saturated carbocycles. The van der Waals surface area contributed by atoms with E-state index in [4.69, 9.17) is 15.9 Å². The van der Waals surface area contributed by atoms with Crippen LogP contribution < -0.4 is 10.5 Å². The molecule has 1 heterocycles. The van der Waals surface area contributed by atoms with E-state index in [2.05, 4.69) is 4.98 Å². The fraction of sp³-hybridized carbons (Fsp3) is 0. The van der Waals surface area contributed by atoms with Gasteiger partial charge in [0.1, 0.15) is 11.6 Å². The molecule has 7 nitrogen and oxygen atoms in total. The maximum Gasteiger partial charge on any atom is 0.273 e. The Morgan fingerprint density at radius 3 is 2.89 bits per heavy atom. The van der Waals surface area contributed by atoms with Gasteiger partial charge in [-0.1, -0.05) is 6.07 Å². The maximum atomic E-state index is 10.7. The number of nitrogen functional groups attached to an aromatic ring is 1. The molecule has 0 aliphatic heterocycles. The highest BCUT2D eigenvalue weighted by Gasteiger charge is 2.10. The van der Waals surface area contributed by atoms with Crippen LogP contribution in [0, 0.1) is 15.5 Å². The van der Waals surface area contributed by atoms with Crippen LogP contribution in [-0.2, 0) is 0 Å². The Morgan fingerprint density at radius 2 is 2.21 bits per heavy atom. The van der Waals surface area contributed by atoms with Gasteiger partial charge >= 0.3 is 0 Å². The first-order valence-corrected chi connectivity index (χ1v) is 5.28. The summed E-state index contributed by atoms with van der Waals surface area (Å²) in [7, 11) is 0. The number of nitro benzene ring substituents is 1. The van der Waals surface area contributed by atoms with Crippen LogP contribution in [-0.4, -0.2) is 15.7 Å². The Kier molecular flexibility index (Phi) is 3.37. The zero-order chi connectivity index (χ0) is 13.8. The molecular formula is C12H10N4O3. The summed E-state index contributed by atoms with van der Waals surface area (Å²) in [5.41, 5.74) is 5.71. The van der Waals surface area contributed by atoms with E-state index in [1.807, 2.05) is 0 Å². The van der Waals surface area contributed by atoms with E-state index in [1.54, 1.807) is 6.07 Å². The zero-order valence-electron chi connectivity index (χ0n) is 9.74. The number of benzene rings is 1. The van der Waals surface area contributed by atoms with Crippen molar-refractivity contribution in [3.63, 3.8) is 0 Å². The Bertz CT molecular complexity index is 642. The molecule has 1 aromatic heterocycles. The van der Waals surface area contributed by atoms with Crippen molar-refractivity contribution in [2.75, 3.05) is 0 Å². The molecule has 0 saturated heterocycles. The van der Waals surface area contributed by atoms with Crippen molar-refractivity contribution in [1.82, 2.24) is 4.98 Å². The van der Waals surface area contributed by atoms with Crippen molar-refractivity contribution in [2.24, 2.45) is 5.73 Å². The predicted octanol–water partition coefficient (Wildman–Crippen LogP) is 2.07. The second kappa shape index (κ2) is 5.13. The predicted molar refractivity (Wildman–Crippen MR) is 68.4 cm³/mol. The second-order valence-electron chi connectivity index (χ2n) is 3.64. The average Bonchev–Trinajstić information content (AvgIpc) is 2.39. The van der Waals surface area contributed by atoms with Crippen molar-refractivity contribution >= 4 is 11.5 Å². The van der Waals surface area contributed by atoms with Crippen molar-refractivity contribution < 1.29 is 9.66 Å². The first-order valence-electron chi connectivity index (χ1n) is 5.28. The average molecular weight is 258 g/mol. The largest absolute Gasteiger partial charge is 0.455 e. The number of nitrogens with two attached hydrogens (primary N) is 1. The van der Waals surface area contributed by atoms with Crippen LogP contribution in [0.25, 0.3) is 0 Å². The fourth-order valence-electron chi connectivity index (χ4n) is 1.47. The van der Waals surface area contributed by atoms with Crippen molar-refractivity contribution in [3.05, 3.63) is 58.4 Å². The molecule has 0 radical (unpaired) electrons. The van der Waals surface area contributed by atoms with Gasteiger partial charge in [-0.25, -0.2) is 0 Å². The van der Waals surface area contributed by atoms with E-state index in [0.29, 0.717) is 5.56 Å². The minimum absolute atomic E-state index is 0.0780. The summed E-state index contributed by atoms with van der Waals surface area (Å²) in [6.07, 6.45) is 2.88. The summed E-state index contributed by atoms with van der Waals surface area (Å²) in [5.74, 6) is 0.392. The molecule has 0 aliphatic rings. The molecule has 0 aliphatic carbocycles. The third kappa shape index (κ3) is 2.83. The third-order valence-corrected chi connectivity index (χ3v) is 2.33. The van der Waals surface area contributed by atoms with Crippen LogP contribution in [0.3, 0.4) is 0 Å². The molecule has 0 unspecified atom stereocenters. The summed E-state index contributed by atoms with van der Waals surface area (Å²) in [6, 6.07) is 7.27. The van der Waals surface area contributed by atoms with Gasteiger partial charge in [-0.3, -0.25) is 20.5 Å². The van der Waals surface area contributed by atoms with Crippen LogP contribution in [0.5, 0.6) is 11.5 Å². The van der Waals surface area contributed by atoms with Gasteiger partial charge in [-0.15, -0.1) is 0 Å². The summed E-state index contributed by atoms with van der Waals surface area (Å²) >= 11 is 0. The van der Waals surface area contributed by atoms with E-state index in [9.17, 15) is 10.1 Å². The number of amidine groups is 1. The topological polar surface area (TPSA) is 115 Å². The second-order valence-corrected chi connectivity index (χ2v) is 3.64. The number of hydrogen-bond donors (Lipinski definition) is 2. The molecular weight excluding hydrogens is 248 g/mol. The van der Waals surface area contributed by atoms with E-state index in [-0.39, 0.29) is 23.0 Å². The number of aromatic nitrogens is 1. The third-order valence-electron chi connectivity index (χ3n) is 2.33. The zero-order valence-corrected chi connectivity index (χ0v) is 9.74. The van der Waals surface area contributed by atoms with Gasteiger partial charge in [0.15, 0.2) is 5.75 Å². The van der Waals surface area contributed by atoms with Crippen LogP contribution in [0.15, 0.2) is 42.7 Å². The van der Waals surface area contributed by atoms with Crippen molar-refractivity contribution in [2.45, 2.75) is 0 Å². The number of non-ortho nitro benzene ring substituents is 1. The first kappa shape index (κ1) is 12.5. The number of nitrogens with one attached hydrogen (secondary N) is 1. The number of nitro groups is 1. The van der Waals surface area contributed by atoms with Gasteiger partial charge in [-0.2, -0.15) is 0 Å². The molecule has 96 valence electrons. The standard InChI is InChI=1S/C12H10N4O3/c13-12(14)10-4-5-15-7-11(10)19-9-3-1-2-8(6-9)16(17)18/h1-7H,(H3,13,14). The number of nitrogens with zero attached hydrogens (tertiary/aromatic N) is 2. The monoisotopic (exact) mass is 258 g/mol. The van der Waals surface area contributed by atoms with E-state index in [1.165, 1.54) is 36.7 Å². The lowest BCUT2D eigenvalue weighted by molar-refractivity contribution is -0.384. The quantitative estimate of drug-likeness (QED) is 0.377. The number of rotatable bonds is 4. The molecule has 2 rings (SSSR count). The molecule has 0 atom stereocenters. The number of ether oxygens (including phenoxy) is 1. The minimum Gasteiger partial charge on any atom is -0.455 e. The molecule has 0 spiro atoms. The highest BCUT2D eigenvalue weighted by atomic mass is 16.6. The summed E-state index contributed by atoms with van der Waals surface area (Å²) < 4.78 is 5.47. The lowest BCUT2D eigenvalue weighted by atomic mass is 10.2. The Morgan fingerprint density at radius 1 is 1.42 bits per heavy atom. The first-order chi connectivity index (χ1) is 9.08. The molecule has 0 fully saturated rings. The van der Waals surface area contributed by atoms with E-state index >= 15 is 0 Å². The molecule has 3 N–H and O–H groups in total. The highest BCUT2D eigenvalue weighted by molar-refractivity contribution is 5.97. The molecule has 1 aromatic carbocycles. The van der Waals surface area contributed by atoms with Crippen LogP contribution in [0.4, 0.5) is 5.69 Å². The van der Waals surface area contributed by atoms with Gasteiger partial charge < -0.3 is 10.5 Å². The van der Waals surface area contributed by atoms with Gasteiger partial charge in [0.05, 0.1) is 22.7 Å². The normalized spacial score (nSPS) is 9.89. The molecule has 19 heavy (non-hydrogen) atoms. The maximum absolute atomic E-state index is 10.7. The lowest BCUT2D eigenvalue weighted by Crippen LogP contribution is -2.12. The number of hydrogen-bond acceptors (Lipinski definition) is 5. The molecule has 7 heteroatoms. The smallest absolute Gasteiger partial charge is 0.273 e. The minimum atomic E-state index is -0.512. The Balaban J connectivity index is 2.34. The Labute approximate surface area is 108 Å². The SMILES string of the molecule is N=C(N)c1ccncc1Oc1cccc([N+](=O)[O-])c1. The summed E-state index contributed by atoms with van der Waals surface area (Å²) in [5, 5.41) is 18.1. The van der Waals surface area contributed by atoms with Gasteiger partial charge in [-0.05, 0) is 12.1 Å². The molecule has 2 aromatic rings. The Hall–Kier alpha value is -2.96. The lowest BCUT2D eigenvalue weighted by Gasteiger charge is -2.09. The van der Waals surface area contributed by atoms with Crippen molar-refractivity contribution in [1.29, 1.82) is 5.41 Å². The summed E-state index contributed by atoms with van der Waals surface area (Å²) in [6.45, 7) is 0. The van der Waals surface area contributed by atoms with Crippen LogP contribution >= 0.6 is 0 Å². The number of pyridine rings is 1. The van der Waals surface area contributed by atoms with Gasteiger partial charge in [0, 0.05) is 12.3 Å². The van der Waals surface area contributed by atoms with Crippen molar-refractivity contribution in [3.8, 4) is 11.5 Å². The van der Waals surface area contributed by atoms with Crippen LogP contribution in [0.1, 0.15) is 5.56 Å². The van der Waals surface area contributed by atoms with Crippen LogP contribution in [0.2, 0.25) is 0 Å². The van der Waals surface area contributed by atoms with Gasteiger partial charge in [0.25, 0.3) is 5.69 Å². The highest BCUT2D eigenvalue weighted by Crippen LogP contribution is 2.26. The molecule has 0 bridgehead atoms.